The zero-order valence-electron chi connectivity index (χ0n) is 11.7. The van der Waals surface area contributed by atoms with Crippen LogP contribution < -0.4 is 5.32 Å². The lowest BCUT2D eigenvalue weighted by Crippen LogP contribution is -2.44. The van der Waals surface area contributed by atoms with Gasteiger partial charge in [-0.2, -0.15) is 0 Å². The highest BCUT2D eigenvalue weighted by atomic mass is 19.1. The lowest BCUT2D eigenvalue weighted by molar-refractivity contribution is -0.0647. The van der Waals surface area contributed by atoms with Crippen LogP contribution in [0.2, 0.25) is 0 Å². The number of aromatic nitrogens is 1. The molecule has 22 heavy (non-hydrogen) atoms. The second-order valence-corrected chi connectivity index (χ2v) is 4.81. The maximum absolute atomic E-state index is 13.0. The zero-order valence-corrected chi connectivity index (χ0v) is 11.7. The summed E-state index contributed by atoms with van der Waals surface area (Å²) in [7, 11) is 0. The van der Waals surface area contributed by atoms with Gasteiger partial charge in [-0.1, -0.05) is 17.9 Å². The lowest BCUT2D eigenvalue weighted by Gasteiger charge is -2.26. The first-order valence-electron chi connectivity index (χ1n) is 6.87. The van der Waals surface area contributed by atoms with E-state index in [0.29, 0.717) is 23.4 Å². The van der Waals surface area contributed by atoms with Gasteiger partial charge in [0.05, 0.1) is 6.61 Å². The van der Waals surface area contributed by atoms with Crippen molar-refractivity contribution in [3.8, 4) is 11.8 Å². The molecule has 0 aliphatic carbocycles. The van der Waals surface area contributed by atoms with E-state index in [1.165, 1.54) is 18.3 Å². The quantitative estimate of drug-likeness (QED) is 0.863. The van der Waals surface area contributed by atoms with Crippen LogP contribution in [0.1, 0.15) is 28.0 Å². The third kappa shape index (κ3) is 3.48. The highest BCUT2D eigenvalue weighted by Gasteiger charge is 2.21. The molecule has 1 unspecified atom stereocenters. The van der Waals surface area contributed by atoms with Crippen LogP contribution in [0.25, 0.3) is 0 Å². The summed E-state index contributed by atoms with van der Waals surface area (Å²) < 4.78 is 18.2. The minimum Gasteiger partial charge on any atom is -0.358 e. The van der Waals surface area contributed by atoms with E-state index in [1.807, 2.05) is 0 Å². The number of hydrogen-bond donors (Lipinski definition) is 1. The van der Waals surface area contributed by atoms with Crippen molar-refractivity contribution in [3.63, 3.8) is 0 Å². The van der Waals surface area contributed by atoms with E-state index in [-0.39, 0.29) is 18.0 Å². The molecule has 0 spiro atoms. The molecular weight excluding hydrogens is 283 g/mol. The molecular formula is C17H13FN2O2. The number of carbonyl (C=O) groups excluding carboxylic acids is 1. The van der Waals surface area contributed by atoms with E-state index in [4.69, 9.17) is 4.74 Å². The summed E-state index contributed by atoms with van der Waals surface area (Å²) in [5.41, 5.74) is 1.55. The largest absolute Gasteiger partial charge is 0.358 e. The number of nitrogens with one attached hydrogen (secondary N) is 1. The third-order valence-corrected chi connectivity index (χ3v) is 3.16. The van der Waals surface area contributed by atoms with Gasteiger partial charge >= 0.3 is 0 Å². The minimum atomic E-state index is -0.324. The number of hydrogen-bond acceptors (Lipinski definition) is 3. The number of benzene rings is 1. The molecule has 1 aliphatic rings. The summed E-state index contributed by atoms with van der Waals surface area (Å²) >= 11 is 0. The van der Waals surface area contributed by atoms with Gasteiger partial charge < -0.3 is 10.1 Å². The number of ether oxygens (including phenoxy) is 1. The monoisotopic (exact) mass is 296 g/mol. The van der Waals surface area contributed by atoms with Gasteiger partial charge in [0.1, 0.15) is 17.7 Å². The van der Waals surface area contributed by atoms with E-state index < -0.39 is 0 Å². The average Bonchev–Trinajstić information content (AvgIpc) is 2.49. The Morgan fingerprint density at radius 2 is 2.09 bits per heavy atom. The highest BCUT2D eigenvalue weighted by Crippen LogP contribution is 2.08. The van der Waals surface area contributed by atoms with E-state index in [0.717, 1.165) is 6.42 Å². The van der Waals surface area contributed by atoms with Crippen LogP contribution >= 0.6 is 0 Å². The molecule has 2 heterocycles. The number of nitrogens with zero attached hydrogens (tertiary/aromatic N) is 1. The van der Waals surface area contributed by atoms with E-state index in [2.05, 4.69) is 22.1 Å². The molecule has 1 aliphatic heterocycles. The van der Waals surface area contributed by atoms with Gasteiger partial charge in [0.15, 0.2) is 0 Å². The first-order chi connectivity index (χ1) is 10.7. The molecule has 1 aromatic heterocycles. The first kappa shape index (κ1) is 14.2. The van der Waals surface area contributed by atoms with Crippen molar-refractivity contribution in [2.24, 2.45) is 0 Å². The van der Waals surface area contributed by atoms with Crippen LogP contribution in [-0.2, 0) is 4.74 Å². The zero-order chi connectivity index (χ0) is 15.4. The Morgan fingerprint density at radius 1 is 1.27 bits per heavy atom. The lowest BCUT2D eigenvalue weighted by atomic mass is 10.2. The molecule has 5 heteroatoms. The highest BCUT2D eigenvalue weighted by molar-refractivity contribution is 5.92. The van der Waals surface area contributed by atoms with Crippen molar-refractivity contribution >= 4 is 5.91 Å². The minimum absolute atomic E-state index is 0.207. The van der Waals surface area contributed by atoms with Crippen molar-refractivity contribution in [2.75, 3.05) is 6.61 Å². The van der Waals surface area contributed by atoms with Gasteiger partial charge in [0.25, 0.3) is 5.91 Å². The van der Waals surface area contributed by atoms with Gasteiger partial charge in [-0.3, -0.25) is 4.79 Å². The van der Waals surface area contributed by atoms with E-state index in [1.54, 1.807) is 24.3 Å². The molecule has 1 N–H and O–H groups in total. The summed E-state index contributed by atoms with van der Waals surface area (Å²) in [5.74, 6) is 5.14. The van der Waals surface area contributed by atoms with E-state index in [9.17, 15) is 9.18 Å². The van der Waals surface area contributed by atoms with Crippen molar-refractivity contribution in [3.05, 3.63) is 65.2 Å². The summed E-state index contributed by atoms with van der Waals surface area (Å²) in [4.78, 5) is 15.9. The molecule has 1 fully saturated rings. The van der Waals surface area contributed by atoms with Crippen LogP contribution in [0, 0.1) is 17.7 Å². The summed E-state index contributed by atoms with van der Waals surface area (Å²) in [6.07, 6.45) is 2.13. The van der Waals surface area contributed by atoms with Crippen molar-refractivity contribution in [1.29, 1.82) is 0 Å². The fourth-order valence-corrected chi connectivity index (χ4v) is 1.88. The number of rotatable bonds is 2. The molecule has 1 atom stereocenters. The fourth-order valence-electron chi connectivity index (χ4n) is 1.88. The van der Waals surface area contributed by atoms with Gasteiger partial charge in [-0.25, -0.2) is 9.37 Å². The number of carbonyl (C=O) groups is 1. The van der Waals surface area contributed by atoms with Gasteiger partial charge in [-0.15, -0.1) is 0 Å². The van der Waals surface area contributed by atoms with Crippen LogP contribution in [0.5, 0.6) is 0 Å². The second-order valence-electron chi connectivity index (χ2n) is 4.81. The first-order valence-corrected chi connectivity index (χ1v) is 6.87. The standard InChI is InChI=1S/C17H13FN2O2/c18-14-3-1-2-12(10-14)4-5-13-6-7-15(19-11-13)17(21)20-16-8-9-22-16/h1-3,6-7,10-11,16H,8-9H2,(H,20,21). The topological polar surface area (TPSA) is 51.2 Å². The second kappa shape index (κ2) is 6.37. The summed E-state index contributed by atoms with van der Waals surface area (Å²) in [6, 6.07) is 9.36. The van der Waals surface area contributed by atoms with Gasteiger partial charge in [-0.05, 0) is 30.3 Å². The predicted molar refractivity (Wildman–Crippen MR) is 78.4 cm³/mol. The Balaban J connectivity index is 1.67. The van der Waals surface area contributed by atoms with Crippen molar-refractivity contribution in [1.82, 2.24) is 10.3 Å². The summed E-state index contributed by atoms with van der Waals surface area (Å²) in [5, 5.41) is 2.71. The fraction of sp³-hybridized carbons (Fsp3) is 0.176. The normalized spacial score (nSPS) is 16.1. The van der Waals surface area contributed by atoms with Gasteiger partial charge in [0, 0.05) is 23.7 Å². The molecule has 2 aromatic rings. The molecule has 3 rings (SSSR count). The SMILES string of the molecule is O=C(NC1CCO1)c1ccc(C#Cc2cccc(F)c2)cn1. The molecule has 4 nitrogen and oxygen atoms in total. The Labute approximate surface area is 127 Å². The maximum atomic E-state index is 13.0. The Morgan fingerprint density at radius 3 is 2.73 bits per heavy atom. The Hall–Kier alpha value is -2.71. The maximum Gasteiger partial charge on any atom is 0.271 e. The number of halogens is 1. The number of amides is 1. The molecule has 110 valence electrons. The average molecular weight is 296 g/mol. The molecule has 1 saturated heterocycles. The molecule has 0 bridgehead atoms. The molecule has 1 aromatic carbocycles. The smallest absolute Gasteiger partial charge is 0.271 e. The van der Waals surface area contributed by atoms with Crippen LogP contribution in [0.3, 0.4) is 0 Å². The van der Waals surface area contributed by atoms with Crippen LogP contribution in [0.4, 0.5) is 4.39 Å². The Kier molecular flexibility index (Phi) is 4.12. The number of pyridine rings is 1. The van der Waals surface area contributed by atoms with Gasteiger partial charge in [0.2, 0.25) is 0 Å². The van der Waals surface area contributed by atoms with E-state index >= 15 is 0 Å². The third-order valence-electron chi connectivity index (χ3n) is 3.16. The molecule has 0 saturated carbocycles. The molecule has 0 radical (unpaired) electrons. The van der Waals surface area contributed by atoms with Crippen molar-refractivity contribution in [2.45, 2.75) is 12.6 Å². The van der Waals surface area contributed by atoms with Crippen LogP contribution in [-0.4, -0.2) is 23.7 Å². The van der Waals surface area contributed by atoms with Crippen molar-refractivity contribution < 1.29 is 13.9 Å². The molecule has 1 amide bonds. The Bertz CT molecular complexity index is 743. The summed E-state index contributed by atoms with van der Waals surface area (Å²) in [6.45, 7) is 0.674. The van der Waals surface area contributed by atoms with Crippen LogP contribution in [0.15, 0.2) is 42.6 Å². The predicted octanol–water partition coefficient (Wildman–Crippen LogP) is 2.10.